The average molecular weight is 305 g/mol. The molecule has 1 saturated carbocycles. The minimum atomic E-state index is 0.0877. The maximum absolute atomic E-state index is 6.22. The molecule has 1 fully saturated rings. The Morgan fingerprint density at radius 3 is 2.95 bits per heavy atom. The van der Waals surface area contributed by atoms with Gasteiger partial charge in [0.1, 0.15) is 0 Å². The van der Waals surface area contributed by atoms with Gasteiger partial charge in [0.2, 0.25) is 5.89 Å². The number of nitrogens with two attached hydrogens (primary N) is 1. The Kier molecular flexibility index (Phi) is 3.88. The van der Waals surface area contributed by atoms with Gasteiger partial charge in [-0.2, -0.15) is 4.98 Å². The van der Waals surface area contributed by atoms with Gasteiger partial charge in [-0.3, -0.25) is 0 Å². The molecule has 114 valence electrons. The lowest BCUT2D eigenvalue weighted by Gasteiger charge is -2.45. The van der Waals surface area contributed by atoms with Crippen molar-refractivity contribution in [3.8, 4) is 0 Å². The van der Waals surface area contributed by atoms with E-state index < -0.39 is 0 Å². The molecule has 1 aliphatic rings. The van der Waals surface area contributed by atoms with Crippen molar-refractivity contribution in [1.82, 2.24) is 10.1 Å². The van der Waals surface area contributed by atoms with Crippen molar-refractivity contribution < 1.29 is 4.52 Å². The first-order chi connectivity index (χ1) is 9.98. The quantitative estimate of drug-likeness (QED) is 0.941. The molecule has 0 spiro atoms. The molecule has 0 bridgehead atoms. The maximum atomic E-state index is 6.22. The van der Waals surface area contributed by atoms with Gasteiger partial charge in [-0.25, -0.2) is 0 Å². The largest absolute Gasteiger partial charge is 0.339 e. The van der Waals surface area contributed by atoms with Crippen molar-refractivity contribution in [3.05, 3.63) is 34.1 Å². The van der Waals surface area contributed by atoms with Crippen LogP contribution in [0.25, 0.3) is 0 Å². The predicted molar refractivity (Wildman–Crippen MR) is 84.3 cm³/mol. The molecule has 21 heavy (non-hydrogen) atoms. The Balaban J connectivity index is 1.79. The summed E-state index contributed by atoms with van der Waals surface area (Å²) >= 11 is 1.72. The number of thiophene rings is 1. The number of hydrogen-bond donors (Lipinski definition) is 1. The normalized spacial score (nSPS) is 28.7. The van der Waals surface area contributed by atoms with Crippen LogP contribution in [0.2, 0.25) is 0 Å². The highest BCUT2D eigenvalue weighted by Gasteiger charge is 2.44. The second-order valence-electron chi connectivity index (χ2n) is 6.71. The number of rotatable bonds is 3. The summed E-state index contributed by atoms with van der Waals surface area (Å²) in [4.78, 5) is 5.92. The van der Waals surface area contributed by atoms with Crippen LogP contribution in [0.1, 0.15) is 56.1 Å². The van der Waals surface area contributed by atoms with E-state index in [-0.39, 0.29) is 11.5 Å². The number of aromatic nitrogens is 2. The lowest BCUT2D eigenvalue weighted by atomic mass is 9.61. The van der Waals surface area contributed by atoms with Gasteiger partial charge < -0.3 is 10.3 Å². The highest BCUT2D eigenvalue weighted by Crippen LogP contribution is 2.49. The molecule has 0 saturated heterocycles. The van der Waals surface area contributed by atoms with E-state index in [1.165, 1.54) is 4.88 Å². The van der Waals surface area contributed by atoms with Crippen molar-refractivity contribution in [2.24, 2.45) is 17.1 Å². The van der Waals surface area contributed by atoms with E-state index in [1.807, 2.05) is 6.07 Å². The minimum absolute atomic E-state index is 0.0877. The Labute approximate surface area is 129 Å². The second-order valence-corrected chi connectivity index (χ2v) is 7.74. The SMILES string of the molecule is CC1C(N)CCC(c2nc(Cc3cccs3)no2)C1(C)C. The molecule has 0 radical (unpaired) electrons. The molecule has 5 heteroatoms. The number of hydrogen-bond acceptors (Lipinski definition) is 5. The van der Waals surface area contributed by atoms with E-state index in [2.05, 4.69) is 42.4 Å². The molecule has 2 aromatic rings. The Morgan fingerprint density at radius 2 is 2.24 bits per heavy atom. The van der Waals surface area contributed by atoms with Crippen molar-refractivity contribution in [3.63, 3.8) is 0 Å². The van der Waals surface area contributed by atoms with Crippen LogP contribution in [0.3, 0.4) is 0 Å². The van der Waals surface area contributed by atoms with Crippen LogP contribution >= 0.6 is 11.3 Å². The van der Waals surface area contributed by atoms with Gasteiger partial charge in [0.05, 0.1) is 0 Å². The Morgan fingerprint density at radius 1 is 1.43 bits per heavy atom. The van der Waals surface area contributed by atoms with Gasteiger partial charge in [0, 0.05) is 23.3 Å². The molecule has 0 aromatic carbocycles. The zero-order valence-corrected chi connectivity index (χ0v) is 13.7. The molecular weight excluding hydrogens is 282 g/mol. The lowest BCUT2D eigenvalue weighted by Crippen LogP contribution is -2.45. The maximum Gasteiger partial charge on any atom is 0.230 e. The van der Waals surface area contributed by atoms with Crippen LogP contribution in [0.5, 0.6) is 0 Å². The van der Waals surface area contributed by atoms with Gasteiger partial charge in [-0.15, -0.1) is 11.3 Å². The molecule has 2 N–H and O–H groups in total. The van der Waals surface area contributed by atoms with Crippen molar-refractivity contribution in [2.75, 3.05) is 0 Å². The summed E-state index contributed by atoms with van der Waals surface area (Å²) in [5.74, 6) is 2.32. The van der Waals surface area contributed by atoms with E-state index in [0.29, 0.717) is 11.8 Å². The fourth-order valence-corrected chi connectivity index (χ4v) is 4.04. The first-order valence-electron chi connectivity index (χ1n) is 7.59. The van der Waals surface area contributed by atoms with Gasteiger partial charge >= 0.3 is 0 Å². The van der Waals surface area contributed by atoms with E-state index in [0.717, 1.165) is 31.0 Å². The third-order valence-electron chi connectivity index (χ3n) is 5.20. The molecule has 0 aliphatic heterocycles. The van der Waals surface area contributed by atoms with E-state index >= 15 is 0 Å². The smallest absolute Gasteiger partial charge is 0.230 e. The molecule has 2 aromatic heterocycles. The van der Waals surface area contributed by atoms with E-state index in [9.17, 15) is 0 Å². The molecule has 2 heterocycles. The van der Waals surface area contributed by atoms with Gasteiger partial charge in [0.25, 0.3) is 0 Å². The summed E-state index contributed by atoms with van der Waals surface area (Å²) in [7, 11) is 0. The predicted octanol–water partition coefficient (Wildman–Crippen LogP) is 3.59. The standard InChI is InChI=1S/C16H23N3OS/c1-10-13(17)7-6-12(16(10,2)3)15-18-14(19-20-15)9-11-5-4-8-21-11/h4-5,8,10,12-13H,6-7,9,17H2,1-3H3. The number of nitrogens with zero attached hydrogens (tertiary/aromatic N) is 2. The fraction of sp³-hybridized carbons (Fsp3) is 0.625. The first kappa shape index (κ1) is 14.7. The molecule has 0 amide bonds. The Bertz CT molecular complexity index is 590. The third kappa shape index (κ3) is 2.77. The molecule has 3 atom stereocenters. The second kappa shape index (κ2) is 5.54. The third-order valence-corrected chi connectivity index (χ3v) is 6.07. The van der Waals surface area contributed by atoms with Crippen LogP contribution in [0.4, 0.5) is 0 Å². The van der Waals surface area contributed by atoms with Crippen LogP contribution in [0, 0.1) is 11.3 Å². The topological polar surface area (TPSA) is 64.9 Å². The molecule has 3 rings (SSSR count). The van der Waals surface area contributed by atoms with Gasteiger partial charge in [0.15, 0.2) is 5.82 Å². The van der Waals surface area contributed by atoms with Crippen LogP contribution < -0.4 is 5.73 Å². The lowest BCUT2D eigenvalue weighted by molar-refractivity contribution is 0.0806. The summed E-state index contributed by atoms with van der Waals surface area (Å²) in [6.45, 7) is 6.77. The minimum Gasteiger partial charge on any atom is -0.339 e. The summed E-state index contributed by atoms with van der Waals surface area (Å²) < 4.78 is 5.57. The van der Waals surface area contributed by atoms with Crippen molar-refractivity contribution in [1.29, 1.82) is 0 Å². The van der Waals surface area contributed by atoms with Crippen molar-refractivity contribution in [2.45, 2.75) is 52.0 Å². The van der Waals surface area contributed by atoms with Crippen LogP contribution in [-0.2, 0) is 6.42 Å². The summed E-state index contributed by atoms with van der Waals surface area (Å²) in [5, 5.41) is 6.24. The Hall–Kier alpha value is -1.20. The molecule has 3 unspecified atom stereocenters. The molecule has 4 nitrogen and oxygen atoms in total. The van der Waals surface area contributed by atoms with Crippen molar-refractivity contribution >= 4 is 11.3 Å². The monoisotopic (exact) mass is 305 g/mol. The average Bonchev–Trinajstić information content (AvgIpc) is 3.09. The summed E-state index contributed by atoms with van der Waals surface area (Å²) in [6, 6.07) is 4.42. The van der Waals surface area contributed by atoms with Gasteiger partial charge in [-0.1, -0.05) is 32.0 Å². The van der Waals surface area contributed by atoms with Crippen LogP contribution in [-0.4, -0.2) is 16.2 Å². The van der Waals surface area contributed by atoms with E-state index in [1.54, 1.807) is 11.3 Å². The van der Waals surface area contributed by atoms with E-state index in [4.69, 9.17) is 10.3 Å². The fourth-order valence-electron chi connectivity index (χ4n) is 3.34. The molecule has 1 aliphatic carbocycles. The van der Waals surface area contributed by atoms with Crippen LogP contribution in [0.15, 0.2) is 22.0 Å². The highest BCUT2D eigenvalue weighted by atomic mass is 32.1. The zero-order valence-electron chi connectivity index (χ0n) is 12.9. The summed E-state index contributed by atoms with van der Waals surface area (Å²) in [5.41, 5.74) is 6.31. The summed E-state index contributed by atoms with van der Waals surface area (Å²) in [6.07, 6.45) is 2.81. The zero-order chi connectivity index (χ0) is 15.0. The first-order valence-corrected chi connectivity index (χ1v) is 8.47. The van der Waals surface area contributed by atoms with Gasteiger partial charge in [-0.05, 0) is 35.6 Å². The molecular formula is C16H23N3OS. The highest BCUT2D eigenvalue weighted by molar-refractivity contribution is 7.09.